The van der Waals surface area contributed by atoms with Crippen molar-refractivity contribution in [2.75, 3.05) is 25.0 Å². The zero-order valence-corrected chi connectivity index (χ0v) is 16.7. The van der Waals surface area contributed by atoms with E-state index in [1.54, 1.807) is 18.1 Å². The first-order valence-electron chi connectivity index (χ1n) is 8.76. The van der Waals surface area contributed by atoms with E-state index in [9.17, 15) is 5.26 Å². The Morgan fingerprint density at radius 1 is 1.37 bits per heavy atom. The van der Waals surface area contributed by atoms with Crippen LogP contribution in [0.4, 0.5) is 5.69 Å². The molecule has 2 N–H and O–H groups in total. The van der Waals surface area contributed by atoms with Gasteiger partial charge in [0.1, 0.15) is 11.9 Å². The van der Waals surface area contributed by atoms with Gasteiger partial charge in [0, 0.05) is 54.0 Å². The van der Waals surface area contributed by atoms with E-state index in [1.807, 2.05) is 30.5 Å². The molecular formula is C20H21BrN6. The largest absolute Gasteiger partial charge is 0.370 e. The van der Waals surface area contributed by atoms with Gasteiger partial charge in [0.2, 0.25) is 0 Å². The number of benzene rings is 1. The minimum Gasteiger partial charge on any atom is -0.370 e. The summed E-state index contributed by atoms with van der Waals surface area (Å²) >= 11 is 3.47. The number of rotatable bonds is 4. The van der Waals surface area contributed by atoms with Crippen LogP contribution in [0.3, 0.4) is 0 Å². The highest BCUT2D eigenvalue weighted by Gasteiger charge is 2.27. The number of para-hydroxylation sites is 1. The third-order valence-electron chi connectivity index (χ3n) is 4.94. The molecule has 1 aliphatic heterocycles. The predicted molar refractivity (Wildman–Crippen MR) is 111 cm³/mol. The fourth-order valence-electron chi connectivity index (χ4n) is 3.50. The second-order valence-electron chi connectivity index (χ2n) is 6.59. The van der Waals surface area contributed by atoms with Crippen molar-refractivity contribution >= 4 is 33.8 Å². The molecule has 0 radical (unpaired) electrons. The average molecular weight is 425 g/mol. The number of anilines is 1. The summed E-state index contributed by atoms with van der Waals surface area (Å²) in [6.07, 6.45) is 6.39. The van der Waals surface area contributed by atoms with E-state index in [-0.39, 0.29) is 5.92 Å². The van der Waals surface area contributed by atoms with Crippen molar-refractivity contribution in [2.45, 2.75) is 12.8 Å². The maximum absolute atomic E-state index is 9.65. The molecule has 0 bridgehead atoms. The molecule has 7 heteroatoms. The number of amidine groups is 1. The molecule has 2 aromatic rings. The zero-order valence-electron chi connectivity index (χ0n) is 15.1. The van der Waals surface area contributed by atoms with Gasteiger partial charge in [0.15, 0.2) is 0 Å². The van der Waals surface area contributed by atoms with Gasteiger partial charge in [-0.05, 0) is 40.9 Å². The first-order chi connectivity index (χ1) is 13.0. The molecule has 0 spiro atoms. The maximum atomic E-state index is 9.65. The van der Waals surface area contributed by atoms with E-state index in [0.29, 0.717) is 11.4 Å². The van der Waals surface area contributed by atoms with Crippen molar-refractivity contribution in [3.63, 3.8) is 0 Å². The molecule has 0 aliphatic carbocycles. The third-order valence-corrected chi connectivity index (χ3v) is 5.38. The van der Waals surface area contributed by atoms with Gasteiger partial charge in [-0.1, -0.05) is 12.1 Å². The number of halogens is 1. The van der Waals surface area contributed by atoms with Crippen molar-refractivity contribution in [1.29, 1.82) is 16.1 Å². The molecule has 1 saturated heterocycles. The van der Waals surface area contributed by atoms with Crippen LogP contribution < -0.4 is 4.90 Å². The molecule has 1 aromatic heterocycles. The van der Waals surface area contributed by atoms with Gasteiger partial charge in [-0.3, -0.25) is 15.8 Å². The molecule has 0 amide bonds. The summed E-state index contributed by atoms with van der Waals surface area (Å²) < 4.78 is 0.898. The summed E-state index contributed by atoms with van der Waals surface area (Å²) in [4.78, 5) is 8.06. The number of hydrogen-bond donors (Lipinski definition) is 2. The highest BCUT2D eigenvalue weighted by atomic mass is 79.9. The Morgan fingerprint density at radius 2 is 2.11 bits per heavy atom. The molecule has 3 rings (SSSR count). The van der Waals surface area contributed by atoms with Crippen LogP contribution >= 0.6 is 15.9 Å². The second kappa shape index (κ2) is 8.31. The van der Waals surface area contributed by atoms with Crippen LogP contribution in [0.2, 0.25) is 0 Å². The summed E-state index contributed by atoms with van der Waals surface area (Å²) in [6, 6.07) is 10.1. The minimum atomic E-state index is 0.137. The van der Waals surface area contributed by atoms with E-state index in [1.165, 1.54) is 6.34 Å². The Labute approximate surface area is 167 Å². The van der Waals surface area contributed by atoms with Crippen LogP contribution in [0.15, 0.2) is 41.1 Å². The molecule has 1 aliphatic rings. The van der Waals surface area contributed by atoms with Gasteiger partial charge in [-0.25, -0.2) is 0 Å². The Kier molecular flexibility index (Phi) is 5.87. The molecule has 27 heavy (non-hydrogen) atoms. The predicted octanol–water partition coefficient (Wildman–Crippen LogP) is 4.12. The molecule has 1 aromatic carbocycles. The molecule has 0 atom stereocenters. The van der Waals surface area contributed by atoms with Gasteiger partial charge in [-0.15, -0.1) is 0 Å². The number of nitriles is 1. The summed E-state index contributed by atoms with van der Waals surface area (Å²) in [7, 11) is 1.74. The van der Waals surface area contributed by atoms with Gasteiger partial charge in [0.05, 0.1) is 17.6 Å². The number of nitrogens with zero attached hydrogens (tertiary/aromatic N) is 4. The zero-order chi connectivity index (χ0) is 19.4. The standard InChI is InChI=1S/C20H21BrN6/c1-26(13-23)20(24)14-5-7-27(8-6-14)19-15(10-22)3-2-4-18(19)16-9-17(21)12-25-11-16/h2-4,9,11-14,23-24H,5-8H2,1H3. The highest BCUT2D eigenvalue weighted by Crippen LogP contribution is 2.36. The molecule has 0 unspecified atom stereocenters. The molecule has 0 saturated carbocycles. The summed E-state index contributed by atoms with van der Waals surface area (Å²) in [6.45, 7) is 1.54. The van der Waals surface area contributed by atoms with E-state index in [2.05, 4.69) is 31.9 Å². The van der Waals surface area contributed by atoms with Crippen LogP contribution in [0.25, 0.3) is 11.1 Å². The first-order valence-corrected chi connectivity index (χ1v) is 9.55. The summed E-state index contributed by atoms with van der Waals surface area (Å²) in [5, 5.41) is 25.2. The number of nitrogens with one attached hydrogen (secondary N) is 2. The fourth-order valence-corrected chi connectivity index (χ4v) is 3.87. The summed E-state index contributed by atoms with van der Waals surface area (Å²) in [5.41, 5.74) is 3.55. The number of hydrogen-bond acceptors (Lipinski definition) is 5. The summed E-state index contributed by atoms with van der Waals surface area (Å²) in [5.74, 6) is 0.618. The SMILES string of the molecule is CN(C=N)C(=N)C1CCN(c2c(C#N)cccc2-c2cncc(Br)c2)CC1. The molecule has 2 heterocycles. The first kappa shape index (κ1) is 19.1. The lowest BCUT2D eigenvalue weighted by Gasteiger charge is -2.36. The van der Waals surface area contributed by atoms with Gasteiger partial charge < -0.3 is 9.80 Å². The van der Waals surface area contributed by atoms with Crippen LogP contribution in [-0.4, -0.2) is 42.2 Å². The van der Waals surface area contributed by atoms with Crippen LogP contribution in [0.1, 0.15) is 18.4 Å². The maximum Gasteiger partial charge on any atom is 0.104 e. The normalized spacial score (nSPS) is 14.5. The van der Waals surface area contributed by atoms with Crippen LogP contribution in [0.5, 0.6) is 0 Å². The smallest absolute Gasteiger partial charge is 0.104 e. The number of piperidine rings is 1. The van der Waals surface area contributed by atoms with Crippen molar-refractivity contribution in [1.82, 2.24) is 9.88 Å². The van der Waals surface area contributed by atoms with E-state index in [4.69, 9.17) is 10.8 Å². The molecule has 6 nitrogen and oxygen atoms in total. The Bertz CT molecular complexity index is 896. The van der Waals surface area contributed by atoms with E-state index < -0.39 is 0 Å². The Morgan fingerprint density at radius 3 is 2.74 bits per heavy atom. The lowest BCUT2D eigenvalue weighted by atomic mass is 9.92. The van der Waals surface area contributed by atoms with Gasteiger partial charge >= 0.3 is 0 Å². The number of pyridine rings is 1. The minimum absolute atomic E-state index is 0.137. The van der Waals surface area contributed by atoms with Crippen molar-refractivity contribution < 1.29 is 0 Å². The van der Waals surface area contributed by atoms with Crippen molar-refractivity contribution in [2.24, 2.45) is 5.92 Å². The van der Waals surface area contributed by atoms with Crippen LogP contribution in [0, 0.1) is 28.1 Å². The van der Waals surface area contributed by atoms with Gasteiger partial charge in [-0.2, -0.15) is 5.26 Å². The third kappa shape index (κ3) is 4.01. The van der Waals surface area contributed by atoms with Gasteiger partial charge in [0.25, 0.3) is 0 Å². The number of aromatic nitrogens is 1. The lowest BCUT2D eigenvalue weighted by molar-refractivity contribution is 0.473. The lowest BCUT2D eigenvalue weighted by Crippen LogP contribution is -2.41. The fraction of sp³-hybridized carbons (Fsp3) is 0.300. The van der Waals surface area contributed by atoms with Crippen molar-refractivity contribution in [3.05, 3.63) is 46.7 Å². The highest BCUT2D eigenvalue weighted by molar-refractivity contribution is 9.10. The Balaban J connectivity index is 1.90. The quantitative estimate of drug-likeness (QED) is 0.570. The van der Waals surface area contributed by atoms with Crippen LogP contribution in [-0.2, 0) is 0 Å². The van der Waals surface area contributed by atoms with E-state index >= 15 is 0 Å². The topological polar surface area (TPSA) is 90.9 Å². The second-order valence-corrected chi connectivity index (χ2v) is 7.51. The Hall–Kier alpha value is -2.72. The molecule has 1 fully saturated rings. The average Bonchev–Trinajstić information content (AvgIpc) is 2.72. The van der Waals surface area contributed by atoms with Crippen molar-refractivity contribution in [3.8, 4) is 17.2 Å². The molecule has 138 valence electrons. The molecular weight excluding hydrogens is 404 g/mol. The monoisotopic (exact) mass is 424 g/mol. The van der Waals surface area contributed by atoms with E-state index in [0.717, 1.165) is 47.2 Å².